The van der Waals surface area contributed by atoms with E-state index >= 15 is 0 Å². The number of thioether (sulfide) groups is 1. The van der Waals surface area contributed by atoms with E-state index in [4.69, 9.17) is 0 Å². The van der Waals surface area contributed by atoms with Crippen molar-refractivity contribution in [3.05, 3.63) is 52.4 Å². The van der Waals surface area contributed by atoms with E-state index in [0.29, 0.717) is 29.4 Å². The van der Waals surface area contributed by atoms with E-state index in [9.17, 15) is 18.0 Å². The van der Waals surface area contributed by atoms with Gasteiger partial charge in [-0.25, -0.2) is 13.4 Å². The molecule has 9 heteroatoms. The van der Waals surface area contributed by atoms with Crippen molar-refractivity contribution in [1.29, 1.82) is 0 Å². The Labute approximate surface area is 174 Å². The molecule has 0 spiro atoms. The summed E-state index contributed by atoms with van der Waals surface area (Å²) in [5.74, 6) is 0.458. The van der Waals surface area contributed by atoms with Crippen molar-refractivity contribution in [3.8, 4) is 0 Å². The zero-order valence-corrected chi connectivity index (χ0v) is 17.8. The fraction of sp³-hybridized carbons (Fsp3) is 0.450. The second kappa shape index (κ2) is 7.95. The monoisotopic (exact) mass is 433 g/mol. The lowest BCUT2D eigenvalue weighted by Crippen LogP contribution is -2.41. The van der Waals surface area contributed by atoms with E-state index in [2.05, 4.69) is 4.98 Å². The molecule has 0 radical (unpaired) electrons. The van der Waals surface area contributed by atoms with Gasteiger partial charge in [-0.1, -0.05) is 30.0 Å². The molecule has 3 heterocycles. The number of hydrogen-bond donors (Lipinski definition) is 0. The van der Waals surface area contributed by atoms with Crippen LogP contribution in [0.2, 0.25) is 0 Å². The smallest absolute Gasteiger partial charge is 0.257 e. The van der Waals surface area contributed by atoms with Crippen LogP contribution in [0.15, 0.2) is 51.4 Å². The van der Waals surface area contributed by atoms with Gasteiger partial charge in [-0.2, -0.15) is 0 Å². The van der Waals surface area contributed by atoms with Crippen LogP contribution in [0, 0.1) is 6.92 Å². The highest BCUT2D eigenvalue weighted by Crippen LogP contribution is 2.33. The fourth-order valence-electron chi connectivity index (χ4n) is 4.00. The molecule has 0 bridgehead atoms. The van der Waals surface area contributed by atoms with Crippen LogP contribution >= 0.6 is 11.8 Å². The lowest BCUT2D eigenvalue weighted by Gasteiger charge is -2.26. The number of nitrogens with zero attached hydrogens (tertiary/aromatic N) is 3. The molecule has 1 saturated heterocycles. The van der Waals surface area contributed by atoms with Gasteiger partial charge in [-0.15, -0.1) is 0 Å². The molecule has 1 fully saturated rings. The molecular weight excluding hydrogens is 410 g/mol. The van der Waals surface area contributed by atoms with Gasteiger partial charge >= 0.3 is 0 Å². The Morgan fingerprint density at radius 1 is 1.24 bits per heavy atom. The molecule has 2 aromatic rings. The molecule has 2 aliphatic rings. The van der Waals surface area contributed by atoms with Crippen molar-refractivity contribution in [2.24, 2.45) is 0 Å². The minimum Gasteiger partial charge on any atom is -0.339 e. The molecule has 2 unspecified atom stereocenters. The summed E-state index contributed by atoms with van der Waals surface area (Å²) in [4.78, 5) is 31.8. The lowest BCUT2D eigenvalue weighted by atomic mass is 10.2. The minimum absolute atomic E-state index is 0.0701. The van der Waals surface area contributed by atoms with Crippen LogP contribution in [-0.2, 0) is 14.6 Å². The first-order valence-electron chi connectivity index (χ1n) is 9.65. The zero-order chi connectivity index (χ0) is 20.6. The first-order valence-corrected chi connectivity index (χ1v) is 12.3. The van der Waals surface area contributed by atoms with Crippen LogP contribution in [0.4, 0.5) is 0 Å². The van der Waals surface area contributed by atoms with Crippen molar-refractivity contribution >= 4 is 27.5 Å². The highest BCUT2D eigenvalue weighted by molar-refractivity contribution is 7.99. The largest absolute Gasteiger partial charge is 0.339 e. The molecule has 7 nitrogen and oxygen atoms in total. The number of likely N-dealkylation sites (tertiary alicyclic amines) is 1. The Bertz CT molecular complexity index is 1080. The van der Waals surface area contributed by atoms with Crippen LogP contribution in [0.25, 0.3) is 0 Å². The Hall–Kier alpha value is -2.13. The highest BCUT2D eigenvalue weighted by atomic mass is 32.2. The number of carbonyl (C=O) groups is 1. The summed E-state index contributed by atoms with van der Waals surface area (Å²) < 4.78 is 27.1. The fourth-order valence-corrected chi connectivity index (χ4v) is 6.73. The quantitative estimate of drug-likeness (QED) is 0.671. The van der Waals surface area contributed by atoms with Gasteiger partial charge in [-0.05, 0) is 31.9 Å². The number of hydrogen-bond acceptors (Lipinski definition) is 6. The molecule has 1 aromatic carbocycles. The second-order valence-electron chi connectivity index (χ2n) is 7.55. The molecule has 2 aliphatic heterocycles. The maximum atomic E-state index is 13.0. The summed E-state index contributed by atoms with van der Waals surface area (Å²) >= 11 is 1.48. The van der Waals surface area contributed by atoms with Gasteiger partial charge in [-0.3, -0.25) is 14.2 Å². The maximum Gasteiger partial charge on any atom is 0.257 e. The maximum absolute atomic E-state index is 13.0. The molecule has 2 atom stereocenters. The average Bonchev–Trinajstić information content (AvgIpc) is 3.32. The van der Waals surface area contributed by atoms with Gasteiger partial charge in [0.05, 0.1) is 16.7 Å². The van der Waals surface area contributed by atoms with Crippen molar-refractivity contribution in [2.45, 2.75) is 48.3 Å². The van der Waals surface area contributed by atoms with Crippen LogP contribution in [0.5, 0.6) is 0 Å². The van der Waals surface area contributed by atoms with E-state index < -0.39 is 9.84 Å². The second-order valence-corrected chi connectivity index (χ2v) is 10.6. The average molecular weight is 434 g/mol. The van der Waals surface area contributed by atoms with Crippen LogP contribution in [0.1, 0.15) is 30.9 Å². The normalized spacial score (nSPS) is 21.3. The number of amides is 1. The number of fused-ring (bicyclic) bond motifs is 1. The molecule has 1 amide bonds. The van der Waals surface area contributed by atoms with Crippen molar-refractivity contribution in [2.75, 3.05) is 18.1 Å². The lowest BCUT2D eigenvalue weighted by molar-refractivity contribution is -0.132. The van der Waals surface area contributed by atoms with Gasteiger partial charge < -0.3 is 4.90 Å². The highest BCUT2D eigenvalue weighted by Gasteiger charge is 2.35. The number of aryl methyl sites for hydroxylation is 1. The molecule has 4 rings (SSSR count). The first kappa shape index (κ1) is 20.2. The first-order chi connectivity index (χ1) is 13.9. The van der Waals surface area contributed by atoms with Crippen LogP contribution in [0.3, 0.4) is 0 Å². The Kier molecular flexibility index (Phi) is 5.52. The number of carbonyl (C=O) groups excluding carboxylic acids is 1. The summed E-state index contributed by atoms with van der Waals surface area (Å²) in [6.45, 7) is 2.27. The van der Waals surface area contributed by atoms with E-state index in [1.807, 2.05) is 0 Å². The Balaban J connectivity index is 1.49. The minimum atomic E-state index is -3.46. The third-order valence-corrected chi connectivity index (χ3v) is 8.45. The topological polar surface area (TPSA) is 89.3 Å². The van der Waals surface area contributed by atoms with Gasteiger partial charge in [0.15, 0.2) is 15.0 Å². The van der Waals surface area contributed by atoms with Gasteiger partial charge in [0.1, 0.15) is 0 Å². The number of aromatic nitrogens is 2. The predicted octanol–water partition coefficient (Wildman–Crippen LogP) is 2.05. The van der Waals surface area contributed by atoms with E-state index in [1.165, 1.54) is 11.8 Å². The molecule has 0 N–H and O–H groups in total. The van der Waals surface area contributed by atoms with Crippen molar-refractivity contribution in [1.82, 2.24) is 14.5 Å². The summed E-state index contributed by atoms with van der Waals surface area (Å²) in [6.07, 6.45) is 3.22. The third-order valence-electron chi connectivity index (χ3n) is 5.52. The van der Waals surface area contributed by atoms with Crippen LogP contribution in [-0.4, -0.2) is 52.9 Å². The number of benzene rings is 1. The number of rotatable bonds is 5. The predicted molar refractivity (Wildman–Crippen MR) is 111 cm³/mol. The number of sulfone groups is 1. The van der Waals surface area contributed by atoms with E-state index in [0.717, 1.165) is 6.42 Å². The van der Waals surface area contributed by atoms with E-state index in [1.54, 1.807) is 52.9 Å². The summed E-state index contributed by atoms with van der Waals surface area (Å²) in [5, 5.41) is 0.642. The van der Waals surface area contributed by atoms with Gasteiger partial charge in [0.25, 0.3) is 5.56 Å². The van der Waals surface area contributed by atoms with Gasteiger partial charge in [0, 0.05) is 36.5 Å². The SMILES string of the molecule is Cc1cnc2n(c1=O)C(CC(=O)N1CCCC1CS(=O)(=O)c1ccccc1)CS2. The summed E-state index contributed by atoms with van der Waals surface area (Å²) in [5.41, 5.74) is 0.448. The molecule has 0 aliphatic carbocycles. The van der Waals surface area contributed by atoms with E-state index in [-0.39, 0.29) is 40.6 Å². The molecular formula is C20H23N3O4S2. The molecule has 1 aromatic heterocycles. The molecule has 29 heavy (non-hydrogen) atoms. The van der Waals surface area contributed by atoms with Crippen molar-refractivity contribution < 1.29 is 13.2 Å². The summed E-state index contributed by atoms with van der Waals surface area (Å²) in [7, 11) is -3.46. The molecule has 0 saturated carbocycles. The van der Waals surface area contributed by atoms with Crippen molar-refractivity contribution in [3.63, 3.8) is 0 Å². The zero-order valence-electron chi connectivity index (χ0n) is 16.2. The third kappa shape index (κ3) is 3.98. The Morgan fingerprint density at radius 3 is 2.76 bits per heavy atom. The Morgan fingerprint density at radius 2 is 2.00 bits per heavy atom. The summed E-state index contributed by atoms with van der Waals surface area (Å²) in [6, 6.07) is 7.79. The van der Waals surface area contributed by atoms with Gasteiger partial charge in [0.2, 0.25) is 5.91 Å². The van der Waals surface area contributed by atoms with Crippen LogP contribution < -0.4 is 5.56 Å². The standard InChI is InChI=1S/C20H23N3O4S2/c1-14-11-21-20-23(19(14)25)16(12-28-20)10-18(24)22-9-5-6-15(22)13-29(26,27)17-7-3-2-4-8-17/h2-4,7-8,11,15-16H,5-6,9-10,12-13H2,1H3. The molecule has 154 valence electrons.